The number of carbonyl (C=O) groups is 2. The summed E-state index contributed by atoms with van der Waals surface area (Å²) in [6.07, 6.45) is 3.56. The van der Waals surface area contributed by atoms with Gasteiger partial charge in [-0.3, -0.25) is 4.79 Å². The second kappa shape index (κ2) is 6.56. The number of hydrogen-bond donors (Lipinski definition) is 0. The summed E-state index contributed by atoms with van der Waals surface area (Å²) in [6.45, 7) is 1.69. The Hall–Kier alpha value is -1.90. The number of allylic oxidation sites excluding steroid dienone is 1. The van der Waals surface area contributed by atoms with Gasteiger partial charge in [0.05, 0.1) is 6.42 Å². The van der Waals surface area contributed by atoms with Crippen molar-refractivity contribution >= 4 is 11.9 Å². The number of aryl methyl sites for hydroxylation is 1. The molecule has 1 aromatic rings. The van der Waals surface area contributed by atoms with Gasteiger partial charge in [0, 0.05) is 6.08 Å². The molecular formula is C13H14O3. The summed E-state index contributed by atoms with van der Waals surface area (Å²) in [5, 5.41) is 0. The largest absolute Gasteiger partial charge is 0.390 e. The third-order valence-electron chi connectivity index (χ3n) is 1.98. The van der Waals surface area contributed by atoms with E-state index in [9.17, 15) is 9.59 Å². The fraction of sp³-hybridized carbons (Fsp3) is 0.231. The van der Waals surface area contributed by atoms with Gasteiger partial charge < -0.3 is 4.74 Å². The zero-order chi connectivity index (χ0) is 11.8. The van der Waals surface area contributed by atoms with Crippen LogP contribution < -0.4 is 0 Å². The van der Waals surface area contributed by atoms with Gasteiger partial charge in [-0.2, -0.15) is 0 Å². The molecule has 0 aliphatic rings. The minimum Gasteiger partial charge on any atom is -0.390 e. The molecule has 0 heterocycles. The van der Waals surface area contributed by atoms with Crippen molar-refractivity contribution in [3.63, 3.8) is 0 Å². The highest BCUT2D eigenvalue weighted by Crippen LogP contribution is 2.03. The molecule has 3 heteroatoms. The van der Waals surface area contributed by atoms with E-state index in [0.717, 1.165) is 5.56 Å². The van der Waals surface area contributed by atoms with Crippen LogP contribution in [0.4, 0.5) is 0 Å². The van der Waals surface area contributed by atoms with E-state index in [1.54, 1.807) is 6.92 Å². The minimum atomic E-state index is -0.611. The van der Waals surface area contributed by atoms with Crippen molar-refractivity contribution in [2.45, 2.75) is 19.8 Å². The van der Waals surface area contributed by atoms with Crippen LogP contribution in [0, 0.1) is 0 Å². The van der Waals surface area contributed by atoms with Gasteiger partial charge in [0.15, 0.2) is 0 Å². The summed E-state index contributed by atoms with van der Waals surface area (Å²) in [6, 6.07) is 9.59. The number of hydrogen-bond acceptors (Lipinski definition) is 3. The Kier molecular flexibility index (Phi) is 4.99. The monoisotopic (exact) mass is 218 g/mol. The van der Waals surface area contributed by atoms with Crippen LogP contribution in [0.5, 0.6) is 0 Å². The maximum Gasteiger partial charge on any atom is 0.338 e. The summed E-state index contributed by atoms with van der Waals surface area (Å²) in [7, 11) is 0. The Morgan fingerprint density at radius 1 is 1.25 bits per heavy atom. The van der Waals surface area contributed by atoms with Crippen LogP contribution in [0.2, 0.25) is 0 Å². The number of benzene rings is 1. The van der Waals surface area contributed by atoms with Crippen molar-refractivity contribution in [1.29, 1.82) is 0 Å². The van der Waals surface area contributed by atoms with E-state index >= 15 is 0 Å². The van der Waals surface area contributed by atoms with Crippen molar-refractivity contribution in [2.75, 3.05) is 0 Å². The van der Waals surface area contributed by atoms with Gasteiger partial charge in [-0.25, -0.2) is 4.79 Å². The van der Waals surface area contributed by atoms with Crippen molar-refractivity contribution in [3.8, 4) is 0 Å². The fourth-order valence-corrected chi connectivity index (χ4v) is 1.22. The zero-order valence-electron chi connectivity index (χ0n) is 9.18. The summed E-state index contributed by atoms with van der Waals surface area (Å²) in [4.78, 5) is 22.2. The maximum atomic E-state index is 11.2. The lowest BCUT2D eigenvalue weighted by Crippen LogP contribution is -2.10. The topological polar surface area (TPSA) is 43.4 Å². The van der Waals surface area contributed by atoms with Gasteiger partial charge in [0.2, 0.25) is 0 Å². The molecule has 0 N–H and O–H groups in total. The molecule has 0 saturated carbocycles. The van der Waals surface area contributed by atoms with E-state index in [0.29, 0.717) is 6.42 Å². The maximum absolute atomic E-state index is 11.2. The average Bonchev–Trinajstić information content (AvgIpc) is 2.28. The smallest absolute Gasteiger partial charge is 0.338 e. The zero-order valence-corrected chi connectivity index (χ0v) is 9.18. The highest BCUT2D eigenvalue weighted by atomic mass is 16.6. The molecule has 0 aliphatic carbocycles. The normalized spacial score (nSPS) is 10.3. The molecule has 0 bridgehead atoms. The van der Waals surface area contributed by atoms with Crippen LogP contribution >= 0.6 is 0 Å². The SMILES string of the molecule is C/C=C/C(=O)OC(=O)CCc1ccccc1. The van der Waals surface area contributed by atoms with Crippen molar-refractivity contribution < 1.29 is 14.3 Å². The van der Waals surface area contributed by atoms with Gasteiger partial charge in [0.25, 0.3) is 0 Å². The molecule has 0 atom stereocenters. The quantitative estimate of drug-likeness (QED) is 0.442. The molecule has 0 aromatic heterocycles. The summed E-state index contributed by atoms with van der Waals surface area (Å²) in [5.74, 6) is -1.10. The first kappa shape index (κ1) is 12.2. The van der Waals surface area contributed by atoms with Crippen LogP contribution in [0.15, 0.2) is 42.5 Å². The Labute approximate surface area is 94.7 Å². The fourth-order valence-electron chi connectivity index (χ4n) is 1.22. The van der Waals surface area contributed by atoms with E-state index in [1.807, 2.05) is 30.3 Å². The molecule has 0 radical (unpaired) electrons. The Morgan fingerprint density at radius 2 is 1.94 bits per heavy atom. The third kappa shape index (κ3) is 4.55. The molecule has 0 aliphatic heterocycles. The summed E-state index contributed by atoms with van der Waals surface area (Å²) < 4.78 is 4.55. The van der Waals surface area contributed by atoms with Crippen LogP contribution in [-0.4, -0.2) is 11.9 Å². The van der Waals surface area contributed by atoms with Crippen molar-refractivity contribution in [3.05, 3.63) is 48.0 Å². The lowest BCUT2D eigenvalue weighted by molar-refractivity contribution is -0.156. The van der Waals surface area contributed by atoms with Crippen LogP contribution in [0.25, 0.3) is 0 Å². The molecule has 0 fully saturated rings. The lowest BCUT2D eigenvalue weighted by Gasteiger charge is -2.00. The van der Waals surface area contributed by atoms with Gasteiger partial charge >= 0.3 is 11.9 Å². The standard InChI is InChI=1S/C13H14O3/c1-2-6-12(14)16-13(15)10-9-11-7-4-3-5-8-11/h2-8H,9-10H2,1H3/b6-2+. The molecular weight excluding hydrogens is 204 g/mol. The Balaban J connectivity index is 2.33. The first-order valence-electron chi connectivity index (χ1n) is 5.13. The van der Waals surface area contributed by atoms with Gasteiger partial charge in [-0.1, -0.05) is 36.4 Å². The third-order valence-corrected chi connectivity index (χ3v) is 1.98. The molecule has 3 nitrogen and oxygen atoms in total. The summed E-state index contributed by atoms with van der Waals surface area (Å²) in [5.41, 5.74) is 1.05. The first-order chi connectivity index (χ1) is 7.72. The predicted molar refractivity (Wildman–Crippen MR) is 60.7 cm³/mol. The molecule has 1 aromatic carbocycles. The number of carbonyl (C=O) groups excluding carboxylic acids is 2. The van der Waals surface area contributed by atoms with Crippen molar-refractivity contribution in [2.24, 2.45) is 0 Å². The second-order valence-electron chi connectivity index (χ2n) is 3.28. The van der Waals surface area contributed by atoms with Crippen LogP contribution in [0.1, 0.15) is 18.9 Å². The van der Waals surface area contributed by atoms with Crippen LogP contribution in [0.3, 0.4) is 0 Å². The molecule has 0 amide bonds. The molecule has 0 unspecified atom stereocenters. The Bertz CT molecular complexity index is 379. The molecule has 16 heavy (non-hydrogen) atoms. The van der Waals surface area contributed by atoms with Crippen molar-refractivity contribution in [1.82, 2.24) is 0 Å². The number of esters is 2. The highest BCUT2D eigenvalue weighted by Gasteiger charge is 2.07. The lowest BCUT2D eigenvalue weighted by atomic mass is 10.1. The summed E-state index contributed by atoms with van der Waals surface area (Å²) >= 11 is 0. The van der Waals surface area contributed by atoms with Gasteiger partial charge in [-0.05, 0) is 18.9 Å². The highest BCUT2D eigenvalue weighted by molar-refractivity contribution is 5.91. The van der Waals surface area contributed by atoms with E-state index in [4.69, 9.17) is 0 Å². The van der Waals surface area contributed by atoms with E-state index in [2.05, 4.69) is 4.74 Å². The van der Waals surface area contributed by atoms with Gasteiger partial charge in [0.1, 0.15) is 0 Å². The molecule has 0 spiro atoms. The Morgan fingerprint density at radius 3 is 2.56 bits per heavy atom. The average molecular weight is 218 g/mol. The van der Waals surface area contributed by atoms with Gasteiger partial charge in [-0.15, -0.1) is 0 Å². The van der Waals surface area contributed by atoms with E-state index < -0.39 is 11.9 Å². The number of rotatable bonds is 4. The van der Waals surface area contributed by atoms with E-state index in [1.165, 1.54) is 12.2 Å². The predicted octanol–water partition coefficient (Wildman–Crippen LogP) is 2.27. The molecule has 84 valence electrons. The molecule has 0 saturated heterocycles. The molecule has 1 rings (SSSR count). The number of ether oxygens (including phenoxy) is 1. The van der Waals surface area contributed by atoms with Crippen LogP contribution in [-0.2, 0) is 20.7 Å². The second-order valence-corrected chi connectivity index (χ2v) is 3.28. The van der Waals surface area contributed by atoms with E-state index in [-0.39, 0.29) is 6.42 Å². The minimum absolute atomic E-state index is 0.216. The first-order valence-corrected chi connectivity index (χ1v) is 5.13.